The molecule has 0 fully saturated rings. The number of para-hydroxylation sites is 2. The number of ether oxygens (including phenoxy) is 2. The van der Waals surface area contributed by atoms with E-state index in [0.29, 0.717) is 23.3 Å². The number of amides is 1. The van der Waals surface area contributed by atoms with Gasteiger partial charge in [0, 0.05) is 12.8 Å². The van der Waals surface area contributed by atoms with Gasteiger partial charge in [-0.2, -0.15) is 5.26 Å². The van der Waals surface area contributed by atoms with Crippen molar-refractivity contribution in [3.05, 3.63) is 66.2 Å². The number of nitriles is 1. The third-order valence-corrected chi connectivity index (χ3v) is 5.63. The fourth-order valence-electron chi connectivity index (χ4n) is 3.17. The lowest BCUT2D eigenvalue weighted by Crippen LogP contribution is -2.32. The summed E-state index contributed by atoms with van der Waals surface area (Å²) in [4.78, 5) is 14.3. The predicted octanol–water partition coefficient (Wildman–Crippen LogP) is 3.85. The van der Waals surface area contributed by atoms with Crippen molar-refractivity contribution in [1.82, 2.24) is 14.8 Å². The molecule has 0 aliphatic carbocycles. The van der Waals surface area contributed by atoms with Gasteiger partial charge in [-0.05, 0) is 31.2 Å². The topological polar surface area (TPSA) is 93.3 Å². The molecule has 1 aromatic heterocycles. The summed E-state index contributed by atoms with van der Waals surface area (Å²) in [6.07, 6.45) is 0. The highest BCUT2D eigenvalue weighted by Crippen LogP contribution is 2.25. The largest absolute Gasteiger partial charge is 0.483 e. The number of thioether (sulfide) groups is 1. The van der Waals surface area contributed by atoms with Crippen molar-refractivity contribution in [3.8, 4) is 11.8 Å². The monoisotopic (exact) mass is 469 g/mol. The van der Waals surface area contributed by atoms with E-state index in [1.165, 1.54) is 28.8 Å². The van der Waals surface area contributed by atoms with E-state index < -0.39 is 5.82 Å². The standard InChI is InChI=1S/C23H24FN5O3S/c1-17(14-31-2)29-21(15-32-20-11-7-6-10-19(20)24)26-27-23(29)33-16-22(30)28(13-12-25)18-8-4-3-5-9-18/h3-11,17H,13-16H2,1-2H3. The van der Waals surface area contributed by atoms with Crippen molar-refractivity contribution < 1.29 is 18.7 Å². The molecule has 8 nitrogen and oxygen atoms in total. The second-order valence-corrected chi connectivity index (χ2v) is 8.00. The molecule has 1 amide bonds. The molecule has 0 N–H and O–H groups in total. The number of nitrogens with zero attached hydrogens (tertiary/aromatic N) is 5. The molecule has 1 atom stereocenters. The van der Waals surface area contributed by atoms with Crippen molar-refractivity contribution >= 4 is 23.4 Å². The lowest BCUT2D eigenvalue weighted by Gasteiger charge is -2.20. The van der Waals surface area contributed by atoms with Crippen LogP contribution >= 0.6 is 11.8 Å². The molecule has 0 saturated carbocycles. The molecule has 1 unspecified atom stereocenters. The van der Waals surface area contributed by atoms with Gasteiger partial charge in [0.15, 0.2) is 22.5 Å². The molecule has 0 saturated heterocycles. The van der Waals surface area contributed by atoms with E-state index in [1.807, 2.05) is 35.8 Å². The first-order chi connectivity index (χ1) is 16.0. The van der Waals surface area contributed by atoms with Gasteiger partial charge >= 0.3 is 0 Å². The van der Waals surface area contributed by atoms with Crippen LogP contribution in [0.15, 0.2) is 59.8 Å². The van der Waals surface area contributed by atoms with E-state index in [0.717, 1.165) is 0 Å². The minimum Gasteiger partial charge on any atom is -0.483 e. The first-order valence-electron chi connectivity index (χ1n) is 10.2. The van der Waals surface area contributed by atoms with Crippen LogP contribution in [0.3, 0.4) is 0 Å². The summed E-state index contributed by atoms with van der Waals surface area (Å²) < 4.78 is 26.6. The molecular weight excluding hydrogens is 445 g/mol. The van der Waals surface area contributed by atoms with Crippen LogP contribution in [0.25, 0.3) is 0 Å². The summed E-state index contributed by atoms with van der Waals surface area (Å²) in [6, 6.07) is 17.0. The summed E-state index contributed by atoms with van der Waals surface area (Å²) in [5.41, 5.74) is 0.651. The van der Waals surface area contributed by atoms with Crippen molar-refractivity contribution in [2.24, 2.45) is 0 Å². The van der Waals surface area contributed by atoms with E-state index in [2.05, 4.69) is 10.2 Å². The Morgan fingerprint density at radius 3 is 2.64 bits per heavy atom. The summed E-state index contributed by atoms with van der Waals surface area (Å²) in [5, 5.41) is 18.1. The van der Waals surface area contributed by atoms with Crippen molar-refractivity contribution in [1.29, 1.82) is 5.26 Å². The Hall–Kier alpha value is -3.42. The number of aromatic nitrogens is 3. The fourth-order valence-corrected chi connectivity index (χ4v) is 4.10. The first-order valence-corrected chi connectivity index (χ1v) is 11.2. The Labute approximate surface area is 195 Å². The van der Waals surface area contributed by atoms with E-state index in [-0.39, 0.29) is 36.6 Å². The van der Waals surface area contributed by atoms with Gasteiger partial charge in [0.05, 0.1) is 24.5 Å². The Bertz CT molecular complexity index is 1100. The molecule has 3 aromatic rings. The van der Waals surface area contributed by atoms with Crippen molar-refractivity contribution in [2.75, 3.05) is 30.9 Å². The number of carbonyl (C=O) groups is 1. The van der Waals surface area contributed by atoms with Crippen LogP contribution in [0, 0.1) is 17.1 Å². The quantitative estimate of drug-likeness (QED) is 0.311. The molecule has 0 spiro atoms. The number of rotatable bonds is 11. The molecule has 0 aliphatic rings. The Kier molecular flexibility index (Phi) is 8.80. The third-order valence-electron chi connectivity index (χ3n) is 4.70. The zero-order chi connectivity index (χ0) is 23.6. The van der Waals surface area contributed by atoms with Gasteiger partial charge in [-0.25, -0.2) is 4.39 Å². The number of hydrogen-bond acceptors (Lipinski definition) is 7. The molecule has 0 aliphatic heterocycles. The maximum Gasteiger partial charge on any atom is 0.238 e. The number of benzene rings is 2. The number of hydrogen-bond donors (Lipinski definition) is 0. The number of anilines is 1. The van der Waals surface area contributed by atoms with E-state index in [1.54, 1.807) is 31.4 Å². The molecule has 0 radical (unpaired) electrons. The molecule has 10 heteroatoms. The van der Waals surface area contributed by atoms with E-state index >= 15 is 0 Å². The second kappa shape index (κ2) is 12.0. The highest BCUT2D eigenvalue weighted by atomic mass is 32.2. The summed E-state index contributed by atoms with van der Waals surface area (Å²) in [6.45, 7) is 2.26. The molecule has 0 bridgehead atoms. The molecule has 3 rings (SSSR count). The van der Waals surface area contributed by atoms with Gasteiger partial charge in [-0.15, -0.1) is 10.2 Å². The summed E-state index contributed by atoms with van der Waals surface area (Å²) in [5.74, 6) is -0.0404. The maximum absolute atomic E-state index is 13.9. The molecule has 33 heavy (non-hydrogen) atoms. The van der Waals surface area contributed by atoms with Crippen LogP contribution in [0.5, 0.6) is 5.75 Å². The zero-order valence-corrected chi connectivity index (χ0v) is 19.2. The lowest BCUT2D eigenvalue weighted by atomic mass is 10.3. The highest BCUT2D eigenvalue weighted by molar-refractivity contribution is 7.99. The Morgan fingerprint density at radius 2 is 1.94 bits per heavy atom. The summed E-state index contributed by atoms with van der Waals surface area (Å²) in [7, 11) is 1.59. The maximum atomic E-state index is 13.9. The van der Waals surface area contributed by atoms with Gasteiger partial charge in [0.25, 0.3) is 0 Å². The van der Waals surface area contributed by atoms with Crippen molar-refractivity contribution in [3.63, 3.8) is 0 Å². The van der Waals surface area contributed by atoms with Gasteiger partial charge in [0.1, 0.15) is 13.2 Å². The number of methoxy groups -OCH3 is 1. The first kappa shape index (κ1) is 24.2. The van der Waals surface area contributed by atoms with Gasteiger partial charge in [-0.3, -0.25) is 14.3 Å². The van der Waals surface area contributed by atoms with Crippen LogP contribution in [-0.4, -0.2) is 46.7 Å². The van der Waals surface area contributed by atoms with Crippen LogP contribution < -0.4 is 9.64 Å². The van der Waals surface area contributed by atoms with Gasteiger partial charge in [0.2, 0.25) is 5.91 Å². The lowest BCUT2D eigenvalue weighted by molar-refractivity contribution is -0.116. The zero-order valence-electron chi connectivity index (χ0n) is 18.3. The van der Waals surface area contributed by atoms with E-state index in [9.17, 15) is 9.18 Å². The van der Waals surface area contributed by atoms with Gasteiger partial charge in [-0.1, -0.05) is 42.1 Å². The number of halogens is 1. The number of carbonyl (C=O) groups excluding carboxylic acids is 1. The Balaban J connectivity index is 1.75. The second-order valence-electron chi connectivity index (χ2n) is 7.05. The van der Waals surface area contributed by atoms with Crippen LogP contribution in [0.4, 0.5) is 10.1 Å². The van der Waals surface area contributed by atoms with Crippen LogP contribution in [0.1, 0.15) is 18.8 Å². The molecule has 1 heterocycles. The smallest absolute Gasteiger partial charge is 0.238 e. The average Bonchev–Trinajstić information content (AvgIpc) is 3.24. The third kappa shape index (κ3) is 6.31. The highest BCUT2D eigenvalue weighted by Gasteiger charge is 2.22. The molecule has 2 aromatic carbocycles. The van der Waals surface area contributed by atoms with E-state index in [4.69, 9.17) is 14.7 Å². The average molecular weight is 470 g/mol. The van der Waals surface area contributed by atoms with Crippen LogP contribution in [0.2, 0.25) is 0 Å². The Morgan fingerprint density at radius 1 is 1.21 bits per heavy atom. The molecule has 172 valence electrons. The fraction of sp³-hybridized carbons (Fsp3) is 0.304. The minimum atomic E-state index is -0.466. The minimum absolute atomic E-state index is 0.00106. The molecular formula is C23H24FN5O3S. The SMILES string of the molecule is COCC(C)n1c(COc2ccccc2F)nnc1SCC(=O)N(CC#N)c1ccccc1. The normalized spacial score (nSPS) is 11.6. The van der Waals surface area contributed by atoms with Gasteiger partial charge < -0.3 is 9.47 Å². The summed E-state index contributed by atoms with van der Waals surface area (Å²) >= 11 is 1.21. The van der Waals surface area contributed by atoms with Crippen LogP contribution in [-0.2, 0) is 16.1 Å². The van der Waals surface area contributed by atoms with Crippen molar-refractivity contribution in [2.45, 2.75) is 24.7 Å². The predicted molar refractivity (Wildman–Crippen MR) is 122 cm³/mol.